The van der Waals surface area contributed by atoms with Gasteiger partial charge in [-0.2, -0.15) is 0 Å². The van der Waals surface area contributed by atoms with Crippen LogP contribution in [-0.4, -0.2) is 43.3 Å². The minimum atomic E-state index is -1.20. The summed E-state index contributed by atoms with van der Waals surface area (Å²) in [6.07, 6.45) is -0.112. The summed E-state index contributed by atoms with van der Waals surface area (Å²) < 4.78 is 4.45. The van der Waals surface area contributed by atoms with Crippen LogP contribution >= 0.6 is 0 Å². The Morgan fingerprint density at radius 2 is 1.90 bits per heavy atom. The van der Waals surface area contributed by atoms with Crippen LogP contribution in [0.3, 0.4) is 0 Å². The molecule has 21 heavy (non-hydrogen) atoms. The third-order valence-corrected chi connectivity index (χ3v) is 2.91. The van der Waals surface area contributed by atoms with Gasteiger partial charge in [-0.05, 0) is 18.6 Å². The van der Waals surface area contributed by atoms with Crippen LogP contribution in [0.4, 0.5) is 10.5 Å². The van der Waals surface area contributed by atoms with Gasteiger partial charge in [-0.15, -0.1) is 0 Å². The molecule has 0 aliphatic heterocycles. The number of urea groups is 1. The standard InChI is InChI=1S/C14H18N2O5/c1-16(10-6-4-3-5-7-10)14(20)15-11(13(18)19)8-9-12(17)21-2/h3-7,11H,8-9H2,1-2H3,(H,15,20)(H,18,19)/t11-/m0/s1. The molecule has 0 saturated carbocycles. The minimum Gasteiger partial charge on any atom is -0.480 e. The lowest BCUT2D eigenvalue weighted by Crippen LogP contribution is -2.47. The number of carbonyl (C=O) groups is 3. The lowest BCUT2D eigenvalue weighted by molar-refractivity contribution is -0.142. The van der Waals surface area contributed by atoms with Crippen molar-refractivity contribution >= 4 is 23.7 Å². The maximum atomic E-state index is 12.0. The van der Waals surface area contributed by atoms with Crippen molar-refractivity contribution < 1.29 is 24.2 Å². The Hall–Kier alpha value is -2.57. The van der Waals surface area contributed by atoms with Gasteiger partial charge in [0.1, 0.15) is 6.04 Å². The van der Waals surface area contributed by atoms with E-state index in [0.29, 0.717) is 5.69 Å². The van der Waals surface area contributed by atoms with Crippen LogP contribution in [0, 0.1) is 0 Å². The van der Waals surface area contributed by atoms with Crippen LogP contribution in [0.1, 0.15) is 12.8 Å². The molecule has 2 amide bonds. The lowest BCUT2D eigenvalue weighted by atomic mass is 10.1. The van der Waals surface area contributed by atoms with E-state index in [-0.39, 0.29) is 12.8 Å². The summed E-state index contributed by atoms with van der Waals surface area (Å²) in [7, 11) is 2.75. The fourth-order valence-electron chi connectivity index (χ4n) is 1.64. The zero-order valence-corrected chi connectivity index (χ0v) is 11.9. The molecule has 114 valence electrons. The first-order valence-electron chi connectivity index (χ1n) is 6.34. The van der Waals surface area contributed by atoms with E-state index in [9.17, 15) is 14.4 Å². The number of carboxylic acid groups (broad SMARTS) is 1. The van der Waals surface area contributed by atoms with Gasteiger partial charge >= 0.3 is 18.0 Å². The highest BCUT2D eigenvalue weighted by atomic mass is 16.5. The van der Waals surface area contributed by atoms with Gasteiger partial charge in [-0.3, -0.25) is 9.69 Å². The molecule has 1 aromatic carbocycles. The van der Waals surface area contributed by atoms with E-state index < -0.39 is 24.0 Å². The third kappa shape index (κ3) is 5.13. The number of ether oxygens (including phenoxy) is 1. The number of amides is 2. The van der Waals surface area contributed by atoms with Gasteiger partial charge in [-0.1, -0.05) is 18.2 Å². The van der Waals surface area contributed by atoms with Crippen molar-refractivity contribution in [1.82, 2.24) is 5.32 Å². The molecular formula is C14H18N2O5. The van der Waals surface area contributed by atoms with E-state index in [4.69, 9.17) is 5.11 Å². The molecule has 0 heterocycles. The first-order chi connectivity index (χ1) is 9.95. The molecule has 7 nitrogen and oxygen atoms in total. The molecule has 0 spiro atoms. The van der Waals surface area contributed by atoms with Gasteiger partial charge in [0.15, 0.2) is 0 Å². The van der Waals surface area contributed by atoms with Gasteiger partial charge in [-0.25, -0.2) is 9.59 Å². The summed E-state index contributed by atoms with van der Waals surface area (Å²) in [5.41, 5.74) is 0.632. The van der Waals surface area contributed by atoms with Gasteiger partial charge in [0.05, 0.1) is 7.11 Å². The Bertz CT molecular complexity index is 503. The molecule has 0 aliphatic carbocycles. The maximum Gasteiger partial charge on any atom is 0.326 e. The Balaban J connectivity index is 2.64. The number of rotatable bonds is 6. The van der Waals surface area contributed by atoms with E-state index in [0.717, 1.165) is 0 Å². The number of methoxy groups -OCH3 is 1. The monoisotopic (exact) mass is 294 g/mol. The van der Waals surface area contributed by atoms with E-state index in [1.54, 1.807) is 24.3 Å². The fraction of sp³-hybridized carbons (Fsp3) is 0.357. The van der Waals surface area contributed by atoms with Crippen molar-refractivity contribution in [2.45, 2.75) is 18.9 Å². The molecule has 0 aliphatic rings. The van der Waals surface area contributed by atoms with Crippen molar-refractivity contribution in [1.29, 1.82) is 0 Å². The Labute approximate surface area is 122 Å². The first kappa shape index (κ1) is 16.5. The molecule has 1 atom stereocenters. The molecule has 1 rings (SSSR count). The molecule has 1 aromatic rings. The predicted octanol–water partition coefficient (Wildman–Crippen LogP) is 1.24. The number of anilines is 1. The second-order valence-electron chi connectivity index (χ2n) is 4.35. The number of nitrogens with zero attached hydrogens (tertiary/aromatic N) is 1. The summed E-state index contributed by atoms with van der Waals surface area (Å²) in [4.78, 5) is 35.5. The molecule has 0 fully saturated rings. The quantitative estimate of drug-likeness (QED) is 0.769. The SMILES string of the molecule is COC(=O)CC[C@H](NC(=O)N(C)c1ccccc1)C(=O)O. The van der Waals surface area contributed by atoms with Crippen LogP contribution in [0.25, 0.3) is 0 Å². The average Bonchev–Trinajstić information content (AvgIpc) is 2.50. The van der Waals surface area contributed by atoms with Crippen molar-refractivity contribution in [3.8, 4) is 0 Å². The predicted molar refractivity (Wildman–Crippen MR) is 76.1 cm³/mol. The highest BCUT2D eigenvalue weighted by Gasteiger charge is 2.23. The second-order valence-corrected chi connectivity index (χ2v) is 4.35. The molecule has 2 N–H and O–H groups in total. The summed E-state index contributed by atoms with van der Waals surface area (Å²) in [5.74, 6) is -1.72. The Kier molecular flexibility index (Phi) is 6.19. The van der Waals surface area contributed by atoms with Crippen LogP contribution in [0.2, 0.25) is 0 Å². The lowest BCUT2D eigenvalue weighted by Gasteiger charge is -2.21. The average molecular weight is 294 g/mol. The van der Waals surface area contributed by atoms with Crippen LogP contribution in [-0.2, 0) is 14.3 Å². The largest absolute Gasteiger partial charge is 0.480 e. The highest BCUT2D eigenvalue weighted by molar-refractivity contribution is 5.94. The molecule has 0 aromatic heterocycles. The zero-order valence-electron chi connectivity index (χ0n) is 11.9. The topological polar surface area (TPSA) is 95.9 Å². The summed E-state index contributed by atoms with van der Waals surface area (Å²) in [6, 6.07) is 7.09. The number of esters is 1. The number of aliphatic carboxylic acids is 1. The number of carboxylic acids is 1. The van der Waals surface area contributed by atoms with E-state index >= 15 is 0 Å². The normalized spacial score (nSPS) is 11.3. The Morgan fingerprint density at radius 3 is 2.43 bits per heavy atom. The highest BCUT2D eigenvalue weighted by Crippen LogP contribution is 2.11. The van der Waals surface area contributed by atoms with Crippen molar-refractivity contribution in [2.24, 2.45) is 0 Å². The molecular weight excluding hydrogens is 276 g/mol. The number of hydrogen-bond acceptors (Lipinski definition) is 4. The zero-order chi connectivity index (χ0) is 15.8. The van der Waals surface area contributed by atoms with Crippen molar-refractivity contribution in [3.05, 3.63) is 30.3 Å². The maximum absolute atomic E-state index is 12.0. The number of nitrogens with one attached hydrogen (secondary N) is 1. The summed E-state index contributed by atoms with van der Waals surface area (Å²) >= 11 is 0. The van der Waals surface area contributed by atoms with E-state index in [1.165, 1.54) is 19.1 Å². The van der Waals surface area contributed by atoms with E-state index in [1.807, 2.05) is 6.07 Å². The van der Waals surface area contributed by atoms with Crippen LogP contribution < -0.4 is 10.2 Å². The van der Waals surface area contributed by atoms with Gasteiger partial charge < -0.3 is 15.2 Å². The van der Waals surface area contributed by atoms with Crippen molar-refractivity contribution in [3.63, 3.8) is 0 Å². The molecule has 7 heteroatoms. The number of carbonyl (C=O) groups excluding carboxylic acids is 2. The first-order valence-corrected chi connectivity index (χ1v) is 6.34. The molecule has 0 radical (unpaired) electrons. The van der Waals surface area contributed by atoms with Gasteiger partial charge in [0.2, 0.25) is 0 Å². The fourth-order valence-corrected chi connectivity index (χ4v) is 1.64. The summed E-state index contributed by atoms with van der Waals surface area (Å²) in [5, 5.41) is 11.4. The number of hydrogen-bond donors (Lipinski definition) is 2. The molecule has 0 saturated heterocycles. The smallest absolute Gasteiger partial charge is 0.326 e. The second kappa shape index (κ2) is 7.88. The minimum absolute atomic E-state index is 0.0314. The number of benzene rings is 1. The molecule has 0 unspecified atom stereocenters. The third-order valence-electron chi connectivity index (χ3n) is 2.91. The van der Waals surface area contributed by atoms with Crippen LogP contribution in [0.5, 0.6) is 0 Å². The van der Waals surface area contributed by atoms with Crippen molar-refractivity contribution in [2.75, 3.05) is 19.1 Å². The van der Waals surface area contributed by atoms with E-state index in [2.05, 4.69) is 10.1 Å². The number of para-hydroxylation sites is 1. The summed E-state index contributed by atoms with van der Waals surface area (Å²) in [6.45, 7) is 0. The molecule has 0 bridgehead atoms. The van der Waals surface area contributed by atoms with Gasteiger partial charge in [0.25, 0.3) is 0 Å². The van der Waals surface area contributed by atoms with Gasteiger partial charge in [0, 0.05) is 19.2 Å². The van der Waals surface area contributed by atoms with Crippen LogP contribution in [0.15, 0.2) is 30.3 Å². The Morgan fingerprint density at radius 1 is 1.29 bits per heavy atom.